The Morgan fingerprint density at radius 1 is 0.588 bits per heavy atom. The molecule has 0 atom stereocenters. The van der Waals surface area contributed by atoms with Crippen molar-refractivity contribution in [3.05, 3.63) is 54.4 Å². The second-order valence-electron chi connectivity index (χ2n) is 12.0. The standard InChI is InChI=1S/C13H24SSi2.C8H10S.C7H8S.CH4/c1-15(2,3)12-10-8-7-9-11(10)13(14-12)16(4,5)6;1-6-8-4-2-3-7(8)5-9-6;1-2-6-4-8-5-7(6)3-1;/h7-9H2,1-6H3;5H,2-4H2,1H3;4-5H,1-3H2;1H4. The second-order valence-corrected chi connectivity index (χ2v) is 25.6. The van der Waals surface area contributed by atoms with Crippen LogP contribution >= 0.6 is 34.0 Å². The zero-order valence-corrected chi connectivity index (χ0v) is 26.3. The fourth-order valence-electron chi connectivity index (χ4n) is 5.47. The number of hydrogen-bond acceptors (Lipinski definition) is 3. The van der Waals surface area contributed by atoms with E-state index in [1.165, 1.54) is 57.8 Å². The molecule has 3 aromatic rings. The van der Waals surface area contributed by atoms with Crippen LogP contribution in [-0.2, 0) is 38.5 Å². The molecular formula is C29H46S3Si2. The molecule has 34 heavy (non-hydrogen) atoms. The van der Waals surface area contributed by atoms with Crippen molar-refractivity contribution < 1.29 is 0 Å². The van der Waals surface area contributed by atoms with E-state index < -0.39 is 16.1 Å². The van der Waals surface area contributed by atoms with Crippen LogP contribution in [0.4, 0.5) is 0 Å². The number of hydrogen-bond donors (Lipinski definition) is 0. The molecule has 0 fully saturated rings. The normalized spacial score (nSPS) is 16.0. The van der Waals surface area contributed by atoms with E-state index in [0.717, 1.165) is 0 Å². The molecular weight excluding hydrogens is 501 g/mol. The van der Waals surface area contributed by atoms with E-state index in [2.05, 4.69) is 73.7 Å². The molecule has 0 saturated carbocycles. The van der Waals surface area contributed by atoms with Gasteiger partial charge in [-0.25, -0.2) is 0 Å². The van der Waals surface area contributed by atoms with Crippen LogP contribution in [0.2, 0.25) is 39.3 Å². The maximum Gasteiger partial charge on any atom is 0.0907 e. The highest BCUT2D eigenvalue weighted by Gasteiger charge is 2.33. The smallest absolute Gasteiger partial charge is 0.0907 e. The van der Waals surface area contributed by atoms with Crippen molar-refractivity contribution in [3.63, 3.8) is 0 Å². The maximum absolute atomic E-state index is 2.51. The van der Waals surface area contributed by atoms with E-state index >= 15 is 0 Å². The van der Waals surface area contributed by atoms with Crippen molar-refractivity contribution in [3.8, 4) is 0 Å². The molecule has 0 N–H and O–H groups in total. The van der Waals surface area contributed by atoms with Gasteiger partial charge in [-0.1, -0.05) is 46.7 Å². The summed E-state index contributed by atoms with van der Waals surface area (Å²) in [6.45, 7) is 17.3. The molecule has 0 unspecified atom stereocenters. The van der Waals surface area contributed by atoms with Crippen LogP contribution in [0.5, 0.6) is 0 Å². The highest BCUT2D eigenvalue weighted by Crippen LogP contribution is 2.30. The Morgan fingerprint density at radius 2 is 1.03 bits per heavy atom. The molecule has 0 bridgehead atoms. The third-order valence-electron chi connectivity index (χ3n) is 7.12. The van der Waals surface area contributed by atoms with E-state index in [-0.39, 0.29) is 7.43 Å². The van der Waals surface area contributed by atoms with Gasteiger partial charge in [-0.2, -0.15) is 22.7 Å². The Bertz CT molecular complexity index is 1030. The first-order valence-corrected chi connectivity index (χ1v) is 22.4. The minimum Gasteiger partial charge on any atom is -0.154 e. The average Bonchev–Trinajstić information content (AvgIpc) is 3.50. The lowest BCUT2D eigenvalue weighted by Crippen LogP contribution is -2.39. The molecule has 0 amide bonds. The van der Waals surface area contributed by atoms with Crippen LogP contribution in [0.3, 0.4) is 0 Å². The lowest BCUT2D eigenvalue weighted by molar-refractivity contribution is 0.909. The highest BCUT2D eigenvalue weighted by molar-refractivity contribution is 7.36. The monoisotopic (exact) mass is 546 g/mol. The van der Waals surface area contributed by atoms with Crippen LogP contribution in [0.15, 0.2) is 16.1 Å². The first kappa shape index (κ1) is 28.1. The van der Waals surface area contributed by atoms with Crippen LogP contribution in [0, 0.1) is 6.92 Å². The first-order chi connectivity index (χ1) is 15.6. The summed E-state index contributed by atoms with van der Waals surface area (Å²) < 4.78 is 3.63. The van der Waals surface area contributed by atoms with Gasteiger partial charge in [0, 0.05) is 4.88 Å². The Kier molecular flexibility index (Phi) is 9.33. The summed E-state index contributed by atoms with van der Waals surface area (Å²) in [5.74, 6) is 0. The van der Waals surface area contributed by atoms with Crippen molar-refractivity contribution in [1.29, 1.82) is 0 Å². The zero-order chi connectivity index (χ0) is 23.8. The third-order valence-corrected chi connectivity index (χ3v) is 17.5. The van der Waals surface area contributed by atoms with E-state index in [4.69, 9.17) is 0 Å². The van der Waals surface area contributed by atoms with Gasteiger partial charge in [0.2, 0.25) is 0 Å². The summed E-state index contributed by atoms with van der Waals surface area (Å²) in [5.41, 5.74) is 10.1. The molecule has 3 heterocycles. The van der Waals surface area contributed by atoms with Crippen LogP contribution < -0.4 is 9.00 Å². The summed E-state index contributed by atoms with van der Waals surface area (Å²) in [6, 6.07) is 0. The molecule has 188 valence electrons. The van der Waals surface area contributed by atoms with Crippen molar-refractivity contribution in [1.82, 2.24) is 0 Å². The van der Waals surface area contributed by atoms with E-state index in [9.17, 15) is 0 Å². The van der Waals surface area contributed by atoms with E-state index in [0.29, 0.717) is 0 Å². The Labute approximate surface area is 223 Å². The molecule has 0 spiro atoms. The molecule has 0 radical (unpaired) electrons. The molecule has 3 aliphatic carbocycles. The van der Waals surface area contributed by atoms with Crippen LogP contribution in [-0.4, -0.2) is 16.1 Å². The van der Waals surface area contributed by atoms with Crippen molar-refractivity contribution in [2.75, 3.05) is 0 Å². The predicted octanol–water partition coefficient (Wildman–Crippen LogP) is 8.75. The minimum absolute atomic E-state index is 0. The highest BCUT2D eigenvalue weighted by atomic mass is 32.1. The van der Waals surface area contributed by atoms with Crippen molar-refractivity contribution in [2.24, 2.45) is 0 Å². The van der Waals surface area contributed by atoms with Gasteiger partial charge in [0.15, 0.2) is 0 Å². The SMILES string of the molecule is C.C[Si](C)(C)c1sc([Si](C)(C)C)c2c1CCC2.Cc1scc2c1CCC2.c1scc2c1CCC2. The van der Waals surface area contributed by atoms with Crippen LogP contribution in [0.25, 0.3) is 0 Å². The fourth-order valence-corrected chi connectivity index (χ4v) is 14.0. The molecule has 0 aliphatic heterocycles. The lowest BCUT2D eigenvalue weighted by Gasteiger charge is -2.17. The molecule has 0 nitrogen and oxygen atoms in total. The van der Waals surface area contributed by atoms with Gasteiger partial charge in [-0.05, 0) is 123 Å². The van der Waals surface area contributed by atoms with Crippen molar-refractivity contribution in [2.45, 2.75) is 111 Å². The number of rotatable bonds is 2. The fraction of sp³-hybridized carbons (Fsp3) is 0.586. The molecule has 5 heteroatoms. The van der Waals surface area contributed by atoms with E-state index in [1.807, 2.05) is 31.7 Å². The van der Waals surface area contributed by atoms with Crippen LogP contribution in [0.1, 0.15) is 64.9 Å². The maximum atomic E-state index is 2.51. The number of thiophene rings is 3. The van der Waals surface area contributed by atoms with Gasteiger partial charge in [0.05, 0.1) is 16.1 Å². The summed E-state index contributed by atoms with van der Waals surface area (Å²) >= 11 is 5.95. The zero-order valence-electron chi connectivity index (χ0n) is 21.8. The Balaban J connectivity index is 0.000000152. The predicted molar refractivity (Wildman–Crippen MR) is 166 cm³/mol. The molecule has 0 saturated heterocycles. The van der Waals surface area contributed by atoms with Gasteiger partial charge in [-0.15, -0.1) is 11.3 Å². The summed E-state index contributed by atoms with van der Waals surface area (Å²) in [4.78, 5) is 1.54. The second kappa shape index (κ2) is 11.3. The number of aryl methyl sites for hydroxylation is 4. The first-order valence-electron chi connectivity index (χ1n) is 12.8. The quantitative estimate of drug-likeness (QED) is 0.282. The average molecular weight is 547 g/mol. The Morgan fingerprint density at radius 3 is 1.53 bits per heavy atom. The van der Waals surface area contributed by atoms with Crippen molar-refractivity contribution >= 4 is 59.2 Å². The summed E-state index contributed by atoms with van der Waals surface area (Å²) in [6.07, 6.45) is 12.3. The topological polar surface area (TPSA) is 0 Å². The van der Waals surface area contributed by atoms with Gasteiger partial charge in [-0.3, -0.25) is 0 Å². The third kappa shape index (κ3) is 6.26. The molecule has 3 aromatic heterocycles. The lowest BCUT2D eigenvalue weighted by atomic mass is 10.2. The van der Waals surface area contributed by atoms with Gasteiger partial charge >= 0.3 is 0 Å². The minimum atomic E-state index is -1.11. The van der Waals surface area contributed by atoms with Gasteiger partial charge in [0.25, 0.3) is 0 Å². The Hall–Kier alpha value is -0.466. The molecule has 3 aliphatic rings. The number of fused-ring (bicyclic) bond motifs is 3. The van der Waals surface area contributed by atoms with Gasteiger partial charge in [0.1, 0.15) is 0 Å². The molecule has 6 rings (SSSR count). The summed E-state index contributed by atoms with van der Waals surface area (Å²) in [7, 11) is -2.21. The summed E-state index contributed by atoms with van der Waals surface area (Å²) in [5, 5.41) is 6.88. The largest absolute Gasteiger partial charge is 0.154 e. The molecule has 0 aromatic carbocycles. The van der Waals surface area contributed by atoms with Gasteiger partial charge < -0.3 is 0 Å². The van der Waals surface area contributed by atoms with E-state index in [1.54, 1.807) is 38.3 Å².